The Bertz CT molecular complexity index is 633. The van der Waals surface area contributed by atoms with Crippen molar-refractivity contribution >= 4 is 23.6 Å². The van der Waals surface area contributed by atoms with Gasteiger partial charge < -0.3 is 15.1 Å². The smallest absolute Gasteiger partial charge is 0.242 e. The zero-order chi connectivity index (χ0) is 19.3. The van der Waals surface area contributed by atoms with Gasteiger partial charge in [-0.1, -0.05) is 38.1 Å². The largest absolute Gasteiger partial charge is 0.353 e. The number of aryl methyl sites for hydroxylation is 1. The van der Waals surface area contributed by atoms with Crippen LogP contribution in [0.5, 0.6) is 0 Å². The first-order valence-electron chi connectivity index (χ1n) is 9.22. The molecule has 2 rings (SSSR count). The molecule has 1 aliphatic heterocycles. The van der Waals surface area contributed by atoms with Gasteiger partial charge in [-0.05, 0) is 44.5 Å². The Morgan fingerprint density at radius 2 is 2.04 bits per heavy atom. The number of benzene rings is 1. The minimum Gasteiger partial charge on any atom is -0.353 e. The molecule has 144 valence electrons. The highest BCUT2D eigenvalue weighted by Gasteiger charge is 2.41. The van der Waals surface area contributed by atoms with Gasteiger partial charge in [0.1, 0.15) is 11.4 Å². The van der Waals surface area contributed by atoms with Crippen molar-refractivity contribution < 1.29 is 9.59 Å². The Balaban J connectivity index is 2.24. The molecule has 0 radical (unpaired) electrons. The molecule has 5 nitrogen and oxygen atoms in total. The number of hydrogen-bond donors (Lipinski definition) is 1. The minimum absolute atomic E-state index is 0.0463. The van der Waals surface area contributed by atoms with E-state index in [-0.39, 0.29) is 17.2 Å². The molecule has 0 bridgehead atoms. The molecule has 1 aliphatic rings. The van der Waals surface area contributed by atoms with Crippen molar-refractivity contribution in [3.8, 4) is 0 Å². The fourth-order valence-electron chi connectivity index (χ4n) is 3.19. The first-order valence-corrected chi connectivity index (χ1v) is 10.3. The van der Waals surface area contributed by atoms with Crippen LogP contribution in [-0.4, -0.2) is 60.6 Å². The first kappa shape index (κ1) is 20.8. The monoisotopic (exact) mass is 377 g/mol. The summed E-state index contributed by atoms with van der Waals surface area (Å²) in [5.74, 6) is 0.764. The Morgan fingerprint density at radius 3 is 2.65 bits per heavy atom. The SMILES string of the molecule is Cc1ccccc1[C@@H]1SCC(=O)N1[C@@H](CC(C)C)C(=O)NCCN(C)C. The van der Waals surface area contributed by atoms with Crippen LogP contribution in [-0.2, 0) is 9.59 Å². The average molecular weight is 378 g/mol. The van der Waals surface area contributed by atoms with Crippen molar-refractivity contribution in [3.63, 3.8) is 0 Å². The van der Waals surface area contributed by atoms with E-state index in [0.29, 0.717) is 24.6 Å². The molecule has 1 aromatic carbocycles. The molecule has 0 aliphatic carbocycles. The normalized spacial score (nSPS) is 18.7. The molecule has 1 heterocycles. The van der Waals surface area contributed by atoms with Crippen molar-refractivity contribution in [2.45, 2.75) is 38.6 Å². The number of hydrogen-bond acceptors (Lipinski definition) is 4. The lowest BCUT2D eigenvalue weighted by Gasteiger charge is -2.33. The molecular weight excluding hydrogens is 346 g/mol. The summed E-state index contributed by atoms with van der Waals surface area (Å²) in [6.07, 6.45) is 0.669. The predicted octanol–water partition coefficient (Wildman–Crippen LogP) is 2.66. The molecule has 0 unspecified atom stereocenters. The zero-order valence-corrected chi connectivity index (χ0v) is 17.3. The molecular formula is C20H31N3O2S. The van der Waals surface area contributed by atoms with E-state index in [9.17, 15) is 9.59 Å². The third-order valence-corrected chi connectivity index (χ3v) is 5.76. The highest BCUT2D eigenvalue weighted by atomic mass is 32.2. The van der Waals surface area contributed by atoms with Crippen LogP contribution in [0.2, 0.25) is 0 Å². The number of nitrogens with zero attached hydrogens (tertiary/aromatic N) is 2. The van der Waals surface area contributed by atoms with E-state index in [2.05, 4.69) is 38.2 Å². The van der Waals surface area contributed by atoms with Gasteiger partial charge in [-0.2, -0.15) is 0 Å². The van der Waals surface area contributed by atoms with Gasteiger partial charge in [0.15, 0.2) is 0 Å². The lowest BCUT2D eigenvalue weighted by atomic mass is 9.99. The molecule has 0 saturated carbocycles. The number of carbonyl (C=O) groups excluding carboxylic acids is 2. The van der Waals surface area contributed by atoms with Crippen LogP contribution in [0.3, 0.4) is 0 Å². The molecule has 0 spiro atoms. The van der Waals surface area contributed by atoms with Gasteiger partial charge in [-0.25, -0.2) is 0 Å². The fourth-order valence-corrected chi connectivity index (χ4v) is 4.51. The number of amides is 2. The number of rotatable bonds is 8. The third kappa shape index (κ3) is 5.24. The predicted molar refractivity (Wildman–Crippen MR) is 108 cm³/mol. The molecule has 6 heteroatoms. The van der Waals surface area contributed by atoms with Gasteiger partial charge in [0.05, 0.1) is 5.75 Å². The summed E-state index contributed by atoms with van der Waals surface area (Å²) in [5.41, 5.74) is 2.28. The third-order valence-electron chi connectivity index (χ3n) is 4.55. The molecule has 2 amide bonds. The number of nitrogens with one attached hydrogen (secondary N) is 1. The minimum atomic E-state index is -0.427. The Labute approximate surface area is 161 Å². The van der Waals surface area contributed by atoms with Crippen LogP contribution in [0.15, 0.2) is 24.3 Å². The van der Waals surface area contributed by atoms with E-state index < -0.39 is 6.04 Å². The lowest BCUT2D eigenvalue weighted by molar-refractivity contribution is -0.139. The quantitative estimate of drug-likeness (QED) is 0.757. The Kier molecular flexibility index (Phi) is 7.53. The van der Waals surface area contributed by atoms with E-state index in [0.717, 1.165) is 17.7 Å². The van der Waals surface area contributed by atoms with Crippen LogP contribution >= 0.6 is 11.8 Å². The maximum atomic E-state index is 12.9. The summed E-state index contributed by atoms with van der Waals surface area (Å²) in [5, 5.41) is 2.93. The molecule has 1 saturated heterocycles. The molecule has 1 N–H and O–H groups in total. The van der Waals surface area contributed by atoms with Gasteiger partial charge >= 0.3 is 0 Å². The van der Waals surface area contributed by atoms with Crippen molar-refractivity contribution in [1.82, 2.24) is 15.1 Å². The molecule has 1 fully saturated rings. The van der Waals surface area contributed by atoms with Gasteiger partial charge in [0.2, 0.25) is 11.8 Å². The van der Waals surface area contributed by atoms with E-state index >= 15 is 0 Å². The summed E-state index contributed by atoms with van der Waals surface area (Å²) < 4.78 is 0. The van der Waals surface area contributed by atoms with Crippen LogP contribution < -0.4 is 5.32 Å². The second-order valence-corrected chi connectivity index (χ2v) is 8.63. The Morgan fingerprint density at radius 1 is 1.35 bits per heavy atom. The van der Waals surface area contributed by atoms with E-state index in [1.807, 2.05) is 36.0 Å². The zero-order valence-electron chi connectivity index (χ0n) is 16.5. The van der Waals surface area contributed by atoms with Crippen LogP contribution in [0.1, 0.15) is 36.8 Å². The summed E-state index contributed by atoms with van der Waals surface area (Å²) in [6, 6.07) is 7.70. The second-order valence-electron chi connectivity index (χ2n) is 7.56. The average Bonchev–Trinajstić information content (AvgIpc) is 2.93. The van der Waals surface area contributed by atoms with Gasteiger partial charge in [0, 0.05) is 13.1 Å². The number of thioether (sulfide) groups is 1. The molecule has 26 heavy (non-hydrogen) atoms. The molecule has 2 atom stereocenters. The van der Waals surface area contributed by atoms with Crippen molar-refractivity contribution in [3.05, 3.63) is 35.4 Å². The standard InChI is InChI=1S/C20H31N3O2S/c1-14(2)12-17(19(25)21-10-11-22(4)5)23-18(24)13-26-20(23)16-9-7-6-8-15(16)3/h6-9,14,17,20H,10-13H2,1-5H3,(H,21,25)/t17-,20-/m0/s1. The maximum Gasteiger partial charge on any atom is 0.242 e. The lowest BCUT2D eigenvalue weighted by Crippen LogP contribution is -2.50. The van der Waals surface area contributed by atoms with E-state index in [4.69, 9.17) is 0 Å². The topological polar surface area (TPSA) is 52.7 Å². The fraction of sp³-hybridized carbons (Fsp3) is 0.600. The van der Waals surface area contributed by atoms with Crippen molar-refractivity contribution in [2.75, 3.05) is 32.9 Å². The van der Waals surface area contributed by atoms with Crippen LogP contribution in [0.4, 0.5) is 0 Å². The number of carbonyl (C=O) groups is 2. The Hall–Kier alpha value is -1.53. The summed E-state index contributed by atoms with van der Waals surface area (Å²) in [4.78, 5) is 29.5. The molecule has 0 aromatic heterocycles. The van der Waals surface area contributed by atoms with Crippen LogP contribution in [0.25, 0.3) is 0 Å². The van der Waals surface area contributed by atoms with Gasteiger partial charge in [0.25, 0.3) is 0 Å². The van der Waals surface area contributed by atoms with Crippen molar-refractivity contribution in [1.29, 1.82) is 0 Å². The van der Waals surface area contributed by atoms with E-state index in [1.165, 1.54) is 0 Å². The van der Waals surface area contributed by atoms with Gasteiger partial charge in [-0.3, -0.25) is 9.59 Å². The van der Waals surface area contributed by atoms with Crippen molar-refractivity contribution in [2.24, 2.45) is 5.92 Å². The second kappa shape index (κ2) is 9.42. The van der Waals surface area contributed by atoms with Crippen LogP contribution in [0, 0.1) is 12.8 Å². The highest BCUT2D eigenvalue weighted by Crippen LogP contribution is 2.42. The summed E-state index contributed by atoms with van der Waals surface area (Å²) >= 11 is 1.62. The van der Waals surface area contributed by atoms with Gasteiger partial charge in [-0.15, -0.1) is 11.8 Å². The summed E-state index contributed by atoms with van der Waals surface area (Å²) in [6.45, 7) is 7.62. The van der Waals surface area contributed by atoms with E-state index in [1.54, 1.807) is 11.8 Å². The first-order chi connectivity index (χ1) is 12.3. The number of likely N-dealkylation sites (N-methyl/N-ethyl adjacent to an activating group) is 1. The summed E-state index contributed by atoms with van der Waals surface area (Å²) in [7, 11) is 3.96. The maximum absolute atomic E-state index is 12.9. The molecule has 1 aromatic rings. The highest BCUT2D eigenvalue weighted by molar-refractivity contribution is 8.00.